The fourth-order valence-electron chi connectivity index (χ4n) is 2.08. The van der Waals surface area contributed by atoms with Gasteiger partial charge in [-0.05, 0) is 24.8 Å². The van der Waals surface area contributed by atoms with Crippen LogP contribution in [-0.4, -0.2) is 24.4 Å². The summed E-state index contributed by atoms with van der Waals surface area (Å²) in [6, 6.07) is 3.83. The van der Waals surface area contributed by atoms with E-state index in [0.29, 0.717) is 17.8 Å². The maximum atomic E-state index is 11.8. The molecule has 0 spiro atoms. The van der Waals surface area contributed by atoms with E-state index in [-0.39, 0.29) is 17.9 Å². The lowest BCUT2D eigenvalue weighted by Crippen LogP contribution is -2.35. The molecule has 4 nitrogen and oxygen atoms in total. The van der Waals surface area contributed by atoms with Gasteiger partial charge in [0, 0.05) is 19.0 Å². The summed E-state index contributed by atoms with van der Waals surface area (Å²) in [5.74, 6) is -0.102. The summed E-state index contributed by atoms with van der Waals surface area (Å²) in [5.41, 5.74) is 0. The standard InChI is InChI=1S/C16H26N2O2S/c1-3-4-5-6-8-13(2)18-15(19)10-11-17-16(20)14-9-7-12-21-14/h7,9,12-13H,3-6,8,10-11H2,1-2H3,(H,17,20)(H,18,19). The molecule has 0 aliphatic heterocycles. The van der Waals surface area contributed by atoms with Gasteiger partial charge in [-0.2, -0.15) is 0 Å². The Balaban J connectivity index is 2.09. The molecule has 1 unspecified atom stereocenters. The van der Waals surface area contributed by atoms with Crippen LogP contribution in [-0.2, 0) is 4.79 Å². The van der Waals surface area contributed by atoms with E-state index in [2.05, 4.69) is 17.6 Å². The van der Waals surface area contributed by atoms with Crippen LogP contribution in [0, 0.1) is 0 Å². The van der Waals surface area contributed by atoms with E-state index in [9.17, 15) is 9.59 Å². The van der Waals surface area contributed by atoms with Gasteiger partial charge in [-0.25, -0.2) is 0 Å². The third-order valence-electron chi connectivity index (χ3n) is 3.28. The summed E-state index contributed by atoms with van der Waals surface area (Å²) >= 11 is 1.40. The van der Waals surface area contributed by atoms with E-state index in [4.69, 9.17) is 0 Å². The molecule has 1 aromatic heterocycles. The predicted molar refractivity (Wildman–Crippen MR) is 87.6 cm³/mol. The minimum Gasteiger partial charge on any atom is -0.354 e. The lowest BCUT2D eigenvalue weighted by molar-refractivity contribution is -0.121. The van der Waals surface area contributed by atoms with Gasteiger partial charge in [0.05, 0.1) is 4.88 Å². The molecule has 0 bridgehead atoms. The van der Waals surface area contributed by atoms with Crippen molar-refractivity contribution in [1.82, 2.24) is 10.6 Å². The molecule has 0 fully saturated rings. The number of thiophene rings is 1. The van der Waals surface area contributed by atoms with Crippen molar-refractivity contribution in [2.45, 2.75) is 58.4 Å². The van der Waals surface area contributed by atoms with E-state index in [1.54, 1.807) is 6.07 Å². The Morgan fingerprint density at radius 2 is 2.10 bits per heavy atom. The highest BCUT2D eigenvalue weighted by atomic mass is 32.1. The van der Waals surface area contributed by atoms with Crippen LogP contribution < -0.4 is 10.6 Å². The zero-order valence-electron chi connectivity index (χ0n) is 13.0. The van der Waals surface area contributed by atoms with E-state index in [1.807, 2.05) is 18.4 Å². The van der Waals surface area contributed by atoms with Crippen molar-refractivity contribution in [3.8, 4) is 0 Å². The van der Waals surface area contributed by atoms with Gasteiger partial charge in [0.25, 0.3) is 5.91 Å². The molecule has 118 valence electrons. The first-order valence-electron chi connectivity index (χ1n) is 7.74. The van der Waals surface area contributed by atoms with E-state index < -0.39 is 0 Å². The second-order valence-electron chi connectivity index (χ2n) is 5.30. The SMILES string of the molecule is CCCCCCC(C)NC(=O)CCNC(=O)c1cccs1. The summed E-state index contributed by atoms with van der Waals surface area (Å²) in [6.45, 7) is 4.61. The zero-order chi connectivity index (χ0) is 15.5. The maximum absolute atomic E-state index is 11.8. The number of carbonyl (C=O) groups is 2. The number of hydrogen-bond acceptors (Lipinski definition) is 3. The van der Waals surface area contributed by atoms with Crippen molar-refractivity contribution in [3.05, 3.63) is 22.4 Å². The Morgan fingerprint density at radius 3 is 2.76 bits per heavy atom. The summed E-state index contributed by atoms with van der Waals surface area (Å²) < 4.78 is 0. The lowest BCUT2D eigenvalue weighted by atomic mass is 10.1. The maximum Gasteiger partial charge on any atom is 0.261 e. The van der Waals surface area contributed by atoms with Crippen LogP contribution >= 0.6 is 11.3 Å². The van der Waals surface area contributed by atoms with Gasteiger partial charge in [-0.15, -0.1) is 11.3 Å². The summed E-state index contributed by atoms with van der Waals surface area (Å²) in [7, 11) is 0. The van der Waals surface area contributed by atoms with Gasteiger partial charge >= 0.3 is 0 Å². The molecular formula is C16H26N2O2S. The summed E-state index contributed by atoms with van der Waals surface area (Å²) in [6.07, 6.45) is 6.22. The van der Waals surface area contributed by atoms with Crippen molar-refractivity contribution in [3.63, 3.8) is 0 Å². The van der Waals surface area contributed by atoms with Gasteiger partial charge in [-0.1, -0.05) is 38.7 Å². The summed E-state index contributed by atoms with van der Waals surface area (Å²) in [4.78, 5) is 24.1. The van der Waals surface area contributed by atoms with Crippen molar-refractivity contribution >= 4 is 23.2 Å². The average molecular weight is 310 g/mol. The number of unbranched alkanes of at least 4 members (excludes halogenated alkanes) is 3. The second-order valence-corrected chi connectivity index (χ2v) is 6.25. The Kier molecular flexibility index (Phi) is 8.74. The molecule has 21 heavy (non-hydrogen) atoms. The Labute approximate surface area is 131 Å². The Hall–Kier alpha value is -1.36. The monoisotopic (exact) mass is 310 g/mol. The number of amides is 2. The summed E-state index contributed by atoms with van der Waals surface area (Å²) in [5, 5.41) is 7.60. The first-order valence-corrected chi connectivity index (χ1v) is 8.62. The molecule has 1 rings (SSSR count). The minimum absolute atomic E-state index is 0.00414. The zero-order valence-corrected chi connectivity index (χ0v) is 13.8. The van der Waals surface area contributed by atoms with Gasteiger partial charge in [0.1, 0.15) is 0 Å². The predicted octanol–water partition coefficient (Wildman–Crippen LogP) is 3.34. The molecule has 2 N–H and O–H groups in total. The van der Waals surface area contributed by atoms with Crippen LogP contribution in [0.25, 0.3) is 0 Å². The van der Waals surface area contributed by atoms with Gasteiger partial charge in [-0.3, -0.25) is 9.59 Å². The van der Waals surface area contributed by atoms with Crippen molar-refractivity contribution in [2.24, 2.45) is 0 Å². The number of carbonyl (C=O) groups excluding carboxylic acids is 2. The Bertz CT molecular complexity index is 418. The third kappa shape index (κ3) is 7.85. The van der Waals surface area contributed by atoms with E-state index >= 15 is 0 Å². The molecule has 5 heteroatoms. The number of nitrogens with one attached hydrogen (secondary N) is 2. The molecule has 1 atom stereocenters. The van der Waals surface area contributed by atoms with Crippen LogP contribution in [0.2, 0.25) is 0 Å². The quantitative estimate of drug-likeness (QED) is 0.651. The highest BCUT2D eigenvalue weighted by molar-refractivity contribution is 7.12. The van der Waals surface area contributed by atoms with Crippen LogP contribution in [0.3, 0.4) is 0 Å². The molecular weight excluding hydrogens is 284 g/mol. The molecule has 0 aromatic carbocycles. The molecule has 0 saturated carbocycles. The number of hydrogen-bond donors (Lipinski definition) is 2. The first kappa shape index (κ1) is 17.7. The molecule has 0 aliphatic carbocycles. The fraction of sp³-hybridized carbons (Fsp3) is 0.625. The second kappa shape index (κ2) is 10.4. The Morgan fingerprint density at radius 1 is 1.29 bits per heavy atom. The van der Waals surface area contributed by atoms with Crippen molar-refractivity contribution in [2.75, 3.05) is 6.54 Å². The molecule has 0 aliphatic rings. The van der Waals surface area contributed by atoms with Gasteiger partial charge in [0.2, 0.25) is 5.91 Å². The van der Waals surface area contributed by atoms with E-state index in [0.717, 1.165) is 12.8 Å². The molecule has 1 heterocycles. The highest BCUT2D eigenvalue weighted by Crippen LogP contribution is 2.07. The van der Waals surface area contributed by atoms with Crippen LogP contribution in [0.1, 0.15) is 62.0 Å². The van der Waals surface area contributed by atoms with Crippen LogP contribution in [0.15, 0.2) is 17.5 Å². The largest absolute Gasteiger partial charge is 0.354 e. The molecule has 2 amide bonds. The topological polar surface area (TPSA) is 58.2 Å². The molecule has 1 aromatic rings. The number of rotatable bonds is 10. The first-order chi connectivity index (χ1) is 10.1. The van der Waals surface area contributed by atoms with Crippen molar-refractivity contribution < 1.29 is 9.59 Å². The third-order valence-corrected chi connectivity index (χ3v) is 4.15. The van der Waals surface area contributed by atoms with Gasteiger partial charge < -0.3 is 10.6 Å². The molecule has 0 saturated heterocycles. The van der Waals surface area contributed by atoms with Crippen LogP contribution in [0.4, 0.5) is 0 Å². The smallest absolute Gasteiger partial charge is 0.261 e. The highest BCUT2D eigenvalue weighted by Gasteiger charge is 2.09. The normalized spacial score (nSPS) is 11.9. The van der Waals surface area contributed by atoms with Crippen molar-refractivity contribution in [1.29, 1.82) is 0 Å². The average Bonchev–Trinajstić information content (AvgIpc) is 2.97. The van der Waals surface area contributed by atoms with E-state index in [1.165, 1.54) is 30.6 Å². The lowest BCUT2D eigenvalue weighted by Gasteiger charge is -2.13. The van der Waals surface area contributed by atoms with Gasteiger partial charge in [0.15, 0.2) is 0 Å². The van der Waals surface area contributed by atoms with Crippen LogP contribution in [0.5, 0.6) is 0 Å². The minimum atomic E-state index is -0.106. The fourth-order valence-corrected chi connectivity index (χ4v) is 2.72. The molecule has 0 radical (unpaired) electrons.